The molecule has 1 saturated heterocycles. The number of piperidine rings is 1. The van der Waals surface area contributed by atoms with Crippen molar-refractivity contribution in [2.45, 2.75) is 58.2 Å². The highest BCUT2D eigenvalue weighted by molar-refractivity contribution is 5.99. The number of carbonyl (C=O) groups excluding carboxylic acids is 1. The van der Waals surface area contributed by atoms with Gasteiger partial charge >= 0.3 is 6.18 Å². The van der Waals surface area contributed by atoms with Crippen LogP contribution in [0, 0.1) is 5.41 Å². The highest BCUT2D eigenvalue weighted by Gasteiger charge is 2.42. The van der Waals surface area contributed by atoms with Crippen LogP contribution in [0.3, 0.4) is 0 Å². The summed E-state index contributed by atoms with van der Waals surface area (Å²) in [7, 11) is 0. The Morgan fingerprint density at radius 1 is 1.32 bits per heavy atom. The number of carbonyl (C=O) groups is 1. The second-order valence-electron chi connectivity index (χ2n) is 10.1. The summed E-state index contributed by atoms with van der Waals surface area (Å²) in [5, 5.41) is 7.44. The number of hydrogen-bond donors (Lipinski definition) is 2. The second-order valence-corrected chi connectivity index (χ2v) is 10.1. The van der Waals surface area contributed by atoms with Crippen molar-refractivity contribution in [1.29, 1.82) is 0 Å². The molecule has 1 aromatic carbocycles. The molecule has 0 unspecified atom stereocenters. The molecule has 0 saturated carbocycles. The van der Waals surface area contributed by atoms with Crippen molar-refractivity contribution in [3.05, 3.63) is 53.4 Å². The van der Waals surface area contributed by atoms with Gasteiger partial charge in [-0.3, -0.25) is 9.69 Å². The molecule has 0 atom stereocenters. The maximum Gasteiger partial charge on any atom is 0.435 e. The van der Waals surface area contributed by atoms with E-state index in [9.17, 15) is 18.0 Å². The number of nitrogens with two attached hydrogens (primary N) is 1. The number of rotatable bonds is 6. The van der Waals surface area contributed by atoms with E-state index in [4.69, 9.17) is 5.73 Å². The van der Waals surface area contributed by atoms with E-state index in [1.807, 2.05) is 6.08 Å². The molecule has 34 heavy (non-hydrogen) atoms. The highest BCUT2D eigenvalue weighted by atomic mass is 19.4. The molecular formula is C25H32F3N5O. The number of likely N-dealkylation sites (tertiary alicyclic amines) is 1. The summed E-state index contributed by atoms with van der Waals surface area (Å²) in [6.45, 7) is 10.5. The van der Waals surface area contributed by atoms with E-state index < -0.39 is 17.8 Å². The minimum absolute atomic E-state index is 0.124. The smallest absolute Gasteiger partial charge is 0.382 e. The molecule has 3 N–H and O–H groups in total. The fourth-order valence-electron chi connectivity index (χ4n) is 5.04. The lowest BCUT2D eigenvalue weighted by Gasteiger charge is -2.32. The quantitative estimate of drug-likeness (QED) is 0.601. The van der Waals surface area contributed by atoms with E-state index >= 15 is 0 Å². The molecule has 1 amide bonds. The van der Waals surface area contributed by atoms with Gasteiger partial charge in [-0.05, 0) is 55.7 Å². The molecule has 4 rings (SSSR count). The van der Waals surface area contributed by atoms with Gasteiger partial charge in [0.05, 0.1) is 11.3 Å². The fourth-order valence-corrected chi connectivity index (χ4v) is 5.04. The number of alkyl halides is 3. The Kier molecular flexibility index (Phi) is 6.50. The van der Waals surface area contributed by atoms with E-state index in [1.54, 1.807) is 18.2 Å². The van der Waals surface area contributed by atoms with Gasteiger partial charge in [-0.1, -0.05) is 19.9 Å². The number of primary amides is 1. The number of hydrogen-bond acceptors (Lipinski definition) is 4. The van der Waals surface area contributed by atoms with Crippen molar-refractivity contribution in [2.75, 3.05) is 25.0 Å². The molecule has 0 radical (unpaired) electrons. The van der Waals surface area contributed by atoms with E-state index in [0.717, 1.165) is 32.5 Å². The van der Waals surface area contributed by atoms with Crippen molar-refractivity contribution in [2.24, 2.45) is 11.1 Å². The third kappa shape index (κ3) is 4.99. The van der Waals surface area contributed by atoms with E-state index in [0.29, 0.717) is 41.9 Å². The van der Waals surface area contributed by atoms with Crippen LogP contribution in [0.5, 0.6) is 0 Å². The van der Waals surface area contributed by atoms with Crippen LogP contribution in [0.1, 0.15) is 60.4 Å². The van der Waals surface area contributed by atoms with Crippen molar-refractivity contribution in [3.8, 4) is 5.69 Å². The number of anilines is 1. The first-order valence-corrected chi connectivity index (χ1v) is 11.7. The molecule has 2 aliphatic rings. The van der Waals surface area contributed by atoms with E-state index in [-0.39, 0.29) is 17.0 Å². The fraction of sp³-hybridized carbons (Fsp3) is 0.520. The number of aromatic nitrogens is 2. The lowest BCUT2D eigenvalue weighted by atomic mass is 9.76. The van der Waals surface area contributed by atoms with Gasteiger partial charge in [0.1, 0.15) is 0 Å². The van der Waals surface area contributed by atoms with Gasteiger partial charge in [-0.25, -0.2) is 4.68 Å². The van der Waals surface area contributed by atoms with Crippen molar-refractivity contribution in [3.63, 3.8) is 0 Å². The highest BCUT2D eigenvalue weighted by Crippen LogP contribution is 2.42. The molecule has 6 nitrogen and oxygen atoms in total. The number of amides is 1. The average molecular weight is 476 g/mol. The molecule has 1 fully saturated rings. The van der Waals surface area contributed by atoms with Crippen LogP contribution < -0.4 is 11.1 Å². The van der Waals surface area contributed by atoms with Crippen LogP contribution in [0.2, 0.25) is 0 Å². The number of benzene rings is 1. The van der Waals surface area contributed by atoms with Gasteiger partial charge in [-0.15, -0.1) is 6.58 Å². The predicted octanol–water partition coefficient (Wildman–Crippen LogP) is 4.57. The predicted molar refractivity (Wildman–Crippen MR) is 126 cm³/mol. The standard InChI is InChI=1S/C25H32F3N5O/c1-4-11-32-12-8-16(9-13-32)30-20-14-17(5-6-18(20)23(29)34)33-21-15-24(2,3)10-7-19(21)22(31-33)25(26,27)28/h4-6,14,16,30H,1,7-13,15H2,2-3H3,(H2,29,34). The first-order chi connectivity index (χ1) is 16.0. The van der Waals surface area contributed by atoms with Gasteiger partial charge in [0, 0.05) is 42.6 Å². The zero-order valence-electron chi connectivity index (χ0n) is 19.7. The second kappa shape index (κ2) is 9.09. The Labute approximate surface area is 198 Å². The Hall–Kier alpha value is -2.81. The summed E-state index contributed by atoms with van der Waals surface area (Å²) in [6.07, 6.45) is 0.610. The summed E-state index contributed by atoms with van der Waals surface area (Å²) in [5.41, 5.74) is 6.85. The van der Waals surface area contributed by atoms with Crippen molar-refractivity contribution >= 4 is 11.6 Å². The Morgan fingerprint density at radius 3 is 2.65 bits per heavy atom. The molecule has 2 heterocycles. The maximum absolute atomic E-state index is 13.8. The minimum atomic E-state index is -4.52. The Morgan fingerprint density at radius 2 is 2.03 bits per heavy atom. The molecule has 1 aliphatic carbocycles. The monoisotopic (exact) mass is 475 g/mol. The average Bonchev–Trinajstić information content (AvgIpc) is 3.13. The van der Waals surface area contributed by atoms with E-state index in [2.05, 4.69) is 35.7 Å². The van der Waals surface area contributed by atoms with Gasteiger partial charge in [0.2, 0.25) is 0 Å². The van der Waals surface area contributed by atoms with Crippen LogP contribution >= 0.6 is 0 Å². The lowest BCUT2D eigenvalue weighted by Crippen LogP contribution is -2.39. The molecule has 1 aliphatic heterocycles. The third-order valence-electron chi connectivity index (χ3n) is 6.90. The van der Waals surface area contributed by atoms with Crippen molar-refractivity contribution < 1.29 is 18.0 Å². The zero-order valence-corrected chi connectivity index (χ0v) is 19.7. The summed E-state index contributed by atoms with van der Waals surface area (Å²) >= 11 is 0. The van der Waals surface area contributed by atoms with Crippen LogP contribution in [0.15, 0.2) is 30.9 Å². The molecule has 184 valence electrons. The number of nitrogens with one attached hydrogen (secondary N) is 1. The number of fused-ring (bicyclic) bond motifs is 1. The van der Waals surface area contributed by atoms with Gasteiger partial charge in [0.25, 0.3) is 5.91 Å². The molecular weight excluding hydrogens is 443 g/mol. The Balaban J connectivity index is 1.70. The maximum atomic E-state index is 13.8. The summed E-state index contributed by atoms with van der Waals surface area (Å²) in [6, 6.07) is 5.02. The minimum Gasteiger partial charge on any atom is -0.382 e. The molecule has 9 heteroatoms. The van der Waals surface area contributed by atoms with Crippen LogP contribution in [-0.2, 0) is 19.0 Å². The molecule has 0 bridgehead atoms. The molecule has 0 spiro atoms. The normalized spacial score (nSPS) is 19.0. The van der Waals surface area contributed by atoms with Crippen LogP contribution in [0.25, 0.3) is 5.69 Å². The zero-order chi connectivity index (χ0) is 24.7. The van der Waals surface area contributed by atoms with Crippen molar-refractivity contribution in [1.82, 2.24) is 14.7 Å². The first-order valence-electron chi connectivity index (χ1n) is 11.7. The van der Waals surface area contributed by atoms with Gasteiger partial charge in [-0.2, -0.15) is 18.3 Å². The van der Waals surface area contributed by atoms with Crippen LogP contribution in [-0.4, -0.2) is 46.3 Å². The topological polar surface area (TPSA) is 76.2 Å². The largest absolute Gasteiger partial charge is 0.435 e. The molecule has 2 aromatic rings. The molecule has 1 aromatic heterocycles. The summed E-state index contributed by atoms with van der Waals surface area (Å²) in [5.74, 6) is -0.585. The number of halogens is 3. The SMILES string of the molecule is C=CCN1CCC(Nc2cc(-n3nc(C(F)(F)F)c4c3CC(C)(C)CC4)ccc2C(N)=O)CC1. The first kappa shape index (κ1) is 24.3. The summed E-state index contributed by atoms with van der Waals surface area (Å²) < 4.78 is 42.8. The Bertz CT molecular complexity index is 1080. The summed E-state index contributed by atoms with van der Waals surface area (Å²) in [4.78, 5) is 14.4. The third-order valence-corrected chi connectivity index (χ3v) is 6.90. The van der Waals surface area contributed by atoms with Gasteiger partial charge < -0.3 is 11.1 Å². The lowest BCUT2D eigenvalue weighted by molar-refractivity contribution is -0.142. The van der Waals surface area contributed by atoms with Crippen LogP contribution in [0.4, 0.5) is 18.9 Å². The number of nitrogens with zero attached hydrogens (tertiary/aromatic N) is 3. The van der Waals surface area contributed by atoms with Gasteiger partial charge in [0.15, 0.2) is 5.69 Å². The van der Waals surface area contributed by atoms with E-state index in [1.165, 1.54) is 4.68 Å².